The van der Waals surface area contributed by atoms with Crippen LogP contribution in [-0.4, -0.2) is 58.1 Å². The maximum absolute atomic E-state index is 13.0. The fourth-order valence-corrected chi connectivity index (χ4v) is 3.78. The van der Waals surface area contributed by atoms with Crippen LogP contribution in [0, 0.1) is 0 Å². The Morgan fingerprint density at radius 2 is 1.79 bits per heavy atom. The number of ketones is 1. The number of likely N-dealkylation sites (N-methyl/N-ethyl adjacent to an activating group) is 1. The van der Waals surface area contributed by atoms with E-state index in [1.807, 2.05) is 36.1 Å². The summed E-state index contributed by atoms with van der Waals surface area (Å²) >= 11 is 0. The summed E-state index contributed by atoms with van der Waals surface area (Å²) in [7, 11) is 0. The van der Waals surface area contributed by atoms with E-state index in [9.17, 15) is 14.4 Å². The van der Waals surface area contributed by atoms with E-state index in [1.54, 1.807) is 15.7 Å². The van der Waals surface area contributed by atoms with Gasteiger partial charge in [0.25, 0.3) is 11.7 Å². The summed E-state index contributed by atoms with van der Waals surface area (Å²) in [4.78, 5) is 41.8. The van der Waals surface area contributed by atoms with Gasteiger partial charge in [-0.05, 0) is 32.3 Å². The first-order chi connectivity index (χ1) is 13.6. The maximum atomic E-state index is 13.0. The number of Topliss-reactive ketones (excluding diaryl/α,β-unsaturated/α-hetero) is 1. The molecule has 0 spiro atoms. The first-order valence-electron chi connectivity index (χ1n) is 10.3. The van der Waals surface area contributed by atoms with Crippen LogP contribution >= 0.6 is 0 Å². The molecule has 150 valence electrons. The van der Waals surface area contributed by atoms with Gasteiger partial charge in [0.15, 0.2) is 0 Å². The molecule has 0 aliphatic carbocycles. The van der Waals surface area contributed by atoms with E-state index in [0.717, 1.165) is 49.7 Å². The Morgan fingerprint density at radius 3 is 2.46 bits per heavy atom. The number of hydrogen-bond acceptors (Lipinski definition) is 3. The molecule has 3 rings (SSSR count). The molecule has 1 aliphatic rings. The summed E-state index contributed by atoms with van der Waals surface area (Å²) in [6.07, 6.45) is 5.60. The van der Waals surface area contributed by atoms with E-state index in [0.29, 0.717) is 18.7 Å². The largest absolute Gasteiger partial charge is 0.341 e. The Labute approximate surface area is 166 Å². The van der Waals surface area contributed by atoms with Crippen molar-refractivity contribution in [1.29, 1.82) is 0 Å². The van der Waals surface area contributed by atoms with Gasteiger partial charge in [0.2, 0.25) is 5.91 Å². The summed E-state index contributed by atoms with van der Waals surface area (Å²) in [6, 6.07) is 7.47. The van der Waals surface area contributed by atoms with Crippen molar-refractivity contribution in [2.24, 2.45) is 0 Å². The van der Waals surface area contributed by atoms with Crippen LogP contribution in [-0.2, 0) is 16.1 Å². The first kappa shape index (κ1) is 20.1. The van der Waals surface area contributed by atoms with Crippen molar-refractivity contribution in [3.8, 4) is 0 Å². The SMILES string of the molecule is CCCCN(CC)C(=O)C(=O)c1cn(CC(=O)N2CCCC2)c2ccccc12. The summed E-state index contributed by atoms with van der Waals surface area (Å²) in [5.41, 5.74) is 1.19. The molecule has 2 aromatic rings. The number of nitrogens with zero attached hydrogens (tertiary/aromatic N) is 3. The van der Waals surface area contributed by atoms with Crippen LogP contribution in [0.3, 0.4) is 0 Å². The van der Waals surface area contributed by atoms with Crippen LogP contribution in [0.1, 0.15) is 49.9 Å². The van der Waals surface area contributed by atoms with Crippen molar-refractivity contribution in [3.63, 3.8) is 0 Å². The van der Waals surface area contributed by atoms with E-state index < -0.39 is 11.7 Å². The average molecular weight is 383 g/mol. The molecule has 1 saturated heterocycles. The van der Waals surface area contributed by atoms with Gasteiger partial charge in [0.05, 0.1) is 5.56 Å². The van der Waals surface area contributed by atoms with E-state index in [2.05, 4.69) is 6.92 Å². The lowest BCUT2D eigenvalue weighted by molar-refractivity contribution is -0.130. The first-order valence-corrected chi connectivity index (χ1v) is 10.3. The second-order valence-corrected chi connectivity index (χ2v) is 7.34. The fourth-order valence-electron chi connectivity index (χ4n) is 3.78. The minimum Gasteiger partial charge on any atom is -0.341 e. The Bertz CT molecular complexity index is 865. The molecule has 0 N–H and O–H groups in total. The Hall–Kier alpha value is -2.63. The highest BCUT2D eigenvalue weighted by molar-refractivity contribution is 6.44. The second-order valence-electron chi connectivity index (χ2n) is 7.34. The van der Waals surface area contributed by atoms with Crippen molar-refractivity contribution in [3.05, 3.63) is 36.0 Å². The number of amides is 2. The average Bonchev–Trinajstić information content (AvgIpc) is 3.37. The van der Waals surface area contributed by atoms with Crippen molar-refractivity contribution < 1.29 is 14.4 Å². The van der Waals surface area contributed by atoms with Crippen molar-refractivity contribution in [2.75, 3.05) is 26.2 Å². The standard InChI is InChI=1S/C22H29N3O3/c1-3-5-12-23(4-2)22(28)21(27)18-15-25(19-11-7-6-10-17(18)19)16-20(26)24-13-8-9-14-24/h6-7,10-11,15H,3-5,8-9,12-14,16H2,1-2H3. The van der Waals surface area contributed by atoms with E-state index >= 15 is 0 Å². The molecule has 6 nitrogen and oxygen atoms in total. The van der Waals surface area contributed by atoms with Crippen LogP contribution < -0.4 is 0 Å². The van der Waals surface area contributed by atoms with Gasteiger partial charge in [-0.25, -0.2) is 0 Å². The van der Waals surface area contributed by atoms with Crippen molar-refractivity contribution in [2.45, 2.75) is 46.1 Å². The van der Waals surface area contributed by atoms with E-state index in [-0.39, 0.29) is 12.5 Å². The van der Waals surface area contributed by atoms with Crippen LogP contribution in [0.5, 0.6) is 0 Å². The Kier molecular flexibility index (Phi) is 6.49. The van der Waals surface area contributed by atoms with Gasteiger partial charge < -0.3 is 14.4 Å². The third-order valence-electron chi connectivity index (χ3n) is 5.44. The summed E-state index contributed by atoms with van der Waals surface area (Å²) in [5.74, 6) is -0.909. The zero-order chi connectivity index (χ0) is 20.1. The van der Waals surface area contributed by atoms with Crippen LogP contribution in [0.15, 0.2) is 30.5 Å². The molecule has 2 heterocycles. The number of benzene rings is 1. The number of carbonyl (C=O) groups is 3. The molecule has 1 fully saturated rings. The van der Waals surface area contributed by atoms with Crippen LogP contribution in [0.2, 0.25) is 0 Å². The highest BCUT2D eigenvalue weighted by Crippen LogP contribution is 2.23. The smallest absolute Gasteiger partial charge is 0.295 e. The second kappa shape index (κ2) is 9.04. The number of fused-ring (bicyclic) bond motifs is 1. The molecule has 2 amide bonds. The molecule has 0 atom stereocenters. The maximum Gasteiger partial charge on any atom is 0.295 e. The quantitative estimate of drug-likeness (QED) is 0.520. The predicted molar refractivity (Wildman–Crippen MR) is 109 cm³/mol. The molecule has 6 heteroatoms. The third kappa shape index (κ3) is 4.11. The molecule has 1 aliphatic heterocycles. The Balaban J connectivity index is 1.87. The van der Waals surface area contributed by atoms with Gasteiger partial charge >= 0.3 is 0 Å². The number of aromatic nitrogens is 1. The Morgan fingerprint density at radius 1 is 1.07 bits per heavy atom. The fraction of sp³-hybridized carbons (Fsp3) is 0.500. The molecule has 0 radical (unpaired) electrons. The summed E-state index contributed by atoms with van der Waals surface area (Å²) in [6.45, 7) is 6.83. The molecule has 0 saturated carbocycles. The zero-order valence-corrected chi connectivity index (χ0v) is 16.8. The number of unbranched alkanes of at least 4 members (excludes halogenated alkanes) is 1. The van der Waals surface area contributed by atoms with Gasteiger partial charge in [-0.1, -0.05) is 31.5 Å². The normalized spacial score (nSPS) is 13.9. The molecule has 0 unspecified atom stereocenters. The minimum absolute atomic E-state index is 0.0571. The van der Waals surface area contributed by atoms with Crippen LogP contribution in [0.4, 0.5) is 0 Å². The van der Waals surface area contributed by atoms with Gasteiger partial charge in [-0.2, -0.15) is 0 Å². The van der Waals surface area contributed by atoms with Gasteiger partial charge in [-0.15, -0.1) is 0 Å². The van der Waals surface area contributed by atoms with Gasteiger partial charge in [-0.3, -0.25) is 14.4 Å². The number of para-hydroxylation sites is 1. The van der Waals surface area contributed by atoms with E-state index in [4.69, 9.17) is 0 Å². The molecule has 1 aromatic carbocycles. The molecular weight excluding hydrogens is 354 g/mol. The molecule has 1 aromatic heterocycles. The molecule has 28 heavy (non-hydrogen) atoms. The number of hydrogen-bond donors (Lipinski definition) is 0. The zero-order valence-electron chi connectivity index (χ0n) is 16.8. The van der Waals surface area contributed by atoms with Gasteiger partial charge in [0, 0.05) is 43.3 Å². The lowest BCUT2D eigenvalue weighted by atomic mass is 10.1. The van der Waals surface area contributed by atoms with Crippen molar-refractivity contribution >= 4 is 28.5 Å². The number of rotatable bonds is 8. The van der Waals surface area contributed by atoms with Crippen molar-refractivity contribution in [1.82, 2.24) is 14.4 Å². The lowest BCUT2D eigenvalue weighted by Crippen LogP contribution is -2.37. The summed E-state index contributed by atoms with van der Waals surface area (Å²) < 4.78 is 1.80. The third-order valence-corrected chi connectivity index (χ3v) is 5.44. The number of carbonyl (C=O) groups excluding carboxylic acids is 3. The predicted octanol–water partition coefficient (Wildman–Crippen LogP) is 3.10. The lowest BCUT2D eigenvalue weighted by Gasteiger charge is -2.19. The summed E-state index contributed by atoms with van der Waals surface area (Å²) in [5, 5.41) is 0.724. The molecule has 0 bridgehead atoms. The van der Waals surface area contributed by atoms with E-state index in [1.165, 1.54) is 0 Å². The monoisotopic (exact) mass is 383 g/mol. The van der Waals surface area contributed by atoms with Gasteiger partial charge in [0.1, 0.15) is 6.54 Å². The number of likely N-dealkylation sites (tertiary alicyclic amines) is 1. The highest BCUT2D eigenvalue weighted by atomic mass is 16.2. The topological polar surface area (TPSA) is 62.6 Å². The highest BCUT2D eigenvalue weighted by Gasteiger charge is 2.26. The van der Waals surface area contributed by atoms with Crippen LogP contribution in [0.25, 0.3) is 10.9 Å². The molecular formula is C22H29N3O3. The minimum atomic E-state index is -0.499.